The van der Waals surface area contributed by atoms with E-state index in [1.54, 1.807) is 0 Å². The average molecular weight is 272 g/mol. The van der Waals surface area contributed by atoms with Gasteiger partial charge in [0, 0.05) is 6.54 Å². The molecule has 1 unspecified atom stereocenters. The summed E-state index contributed by atoms with van der Waals surface area (Å²) in [5, 5.41) is 12.9. The van der Waals surface area contributed by atoms with Gasteiger partial charge in [-0.15, -0.1) is 0 Å². The van der Waals surface area contributed by atoms with Crippen LogP contribution in [0.15, 0.2) is 12.1 Å². The van der Waals surface area contributed by atoms with E-state index in [1.807, 2.05) is 13.8 Å². The van der Waals surface area contributed by atoms with Gasteiger partial charge < -0.3 is 5.32 Å². The molecule has 1 aromatic carbocycles. The van der Waals surface area contributed by atoms with Crippen LogP contribution in [0.4, 0.5) is 14.5 Å². The van der Waals surface area contributed by atoms with Crippen LogP contribution in [0.2, 0.25) is 0 Å². The summed E-state index contributed by atoms with van der Waals surface area (Å²) in [6.45, 7) is 4.16. The Morgan fingerprint density at radius 3 is 2.58 bits per heavy atom. The molecule has 0 bridgehead atoms. The van der Waals surface area contributed by atoms with Gasteiger partial charge >= 0.3 is 5.69 Å². The Hall–Kier alpha value is -2.05. The molecule has 0 heterocycles. The fourth-order valence-corrected chi connectivity index (χ4v) is 1.36. The van der Waals surface area contributed by atoms with E-state index >= 15 is 0 Å². The highest BCUT2D eigenvalue weighted by Crippen LogP contribution is 2.21. The van der Waals surface area contributed by atoms with E-state index in [-0.39, 0.29) is 5.92 Å². The summed E-state index contributed by atoms with van der Waals surface area (Å²) < 4.78 is 26.8. The number of hydrogen-bond donors (Lipinski definition) is 1. The molecule has 1 N–H and O–H groups in total. The van der Waals surface area contributed by atoms with E-state index < -0.39 is 33.7 Å². The van der Waals surface area contributed by atoms with Gasteiger partial charge in [0.1, 0.15) is 5.82 Å². The summed E-state index contributed by atoms with van der Waals surface area (Å²) in [5.74, 6) is -2.93. The van der Waals surface area contributed by atoms with Gasteiger partial charge in [-0.1, -0.05) is 20.3 Å². The summed E-state index contributed by atoms with van der Waals surface area (Å²) in [5.41, 5.74) is -1.53. The quantitative estimate of drug-likeness (QED) is 0.661. The van der Waals surface area contributed by atoms with Crippen LogP contribution in [-0.4, -0.2) is 17.4 Å². The molecule has 0 aromatic heterocycles. The topological polar surface area (TPSA) is 72.2 Å². The Bertz CT molecular complexity index is 506. The van der Waals surface area contributed by atoms with Crippen molar-refractivity contribution in [3.63, 3.8) is 0 Å². The number of halogens is 2. The Morgan fingerprint density at radius 2 is 2.05 bits per heavy atom. The molecule has 0 saturated carbocycles. The molecule has 7 heteroatoms. The van der Waals surface area contributed by atoms with Crippen molar-refractivity contribution in [1.29, 1.82) is 0 Å². The van der Waals surface area contributed by atoms with Crippen LogP contribution in [0.25, 0.3) is 0 Å². The molecule has 104 valence electrons. The van der Waals surface area contributed by atoms with Gasteiger partial charge in [0.2, 0.25) is 5.82 Å². The maximum Gasteiger partial charge on any atom is 0.307 e. The molecular weight excluding hydrogens is 258 g/mol. The molecule has 1 atom stereocenters. The van der Waals surface area contributed by atoms with Crippen molar-refractivity contribution in [2.75, 3.05) is 6.54 Å². The zero-order valence-corrected chi connectivity index (χ0v) is 10.6. The minimum atomic E-state index is -1.24. The number of nitrogens with one attached hydrogen (secondary N) is 1. The Labute approximate surface area is 108 Å². The first-order valence-electron chi connectivity index (χ1n) is 5.78. The molecule has 0 radical (unpaired) electrons. The number of carbonyl (C=O) groups is 1. The average Bonchev–Trinajstić information content (AvgIpc) is 2.37. The van der Waals surface area contributed by atoms with Gasteiger partial charge in [0.25, 0.3) is 5.91 Å². The second-order valence-electron chi connectivity index (χ2n) is 4.26. The van der Waals surface area contributed by atoms with E-state index in [4.69, 9.17) is 0 Å². The number of nitrogens with zero attached hydrogens (tertiary/aromatic N) is 1. The van der Waals surface area contributed by atoms with Gasteiger partial charge in [-0.2, -0.15) is 4.39 Å². The predicted octanol–water partition coefficient (Wildman–Crippen LogP) is 2.65. The maximum absolute atomic E-state index is 13.5. The number of amides is 1. The third kappa shape index (κ3) is 3.70. The molecule has 19 heavy (non-hydrogen) atoms. The van der Waals surface area contributed by atoms with E-state index in [0.29, 0.717) is 18.7 Å². The van der Waals surface area contributed by atoms with Crippen LogP contribution in [-0.2, 0) is 0 Å². The Kier molecular flexibility index (Phi) is 4.91. The summed E-state index contributed by atoms with van der Waals surface area (Å²) in [4.78, 5) is 21.0. The predicted molar refractivity (Wildman–Crippen MR) is 64.8 cm³/mol. The monoisotopic (exact) mass is 272 g/mol. The second kappa shape index (κ2) is 6.21. The van der Waals surface area contributed by atoms with E-state index in [0.717, 1.165) is 6.42 Å². The van der Waals surface area contributed by atoms with Crippen LogP contribution in [0.3, 0.4) is 0 Å². The lowest BCUT2D eigenvalue weighted by molar-refractivity contribution is -0.387. The SMILES string of the molecule is CCC(C)CNC(=O)c1cc(F)c([N+](=O)[O-])cc1F. The lowest BCUT2D eigenvalue weighted by Gasteiger charge is -2.10. The molecule has 1 rings (SSSR count). The van der Waals surface area contributed by atoms with Gasteiger partial charge in [-0.25, -0.2) is 4.39 Å². The fourth-order valence-electron chi connectivity index (χ4n) is 1.36. The molecule has 0 aliphatic rings. The summed E-state index contributed by atoms with van der Waals surface area (Å²) >= 11 is 0. The van der Waals surface area contributed by atoms with Crippen molar-refractivity contribution in [3.8, 4) is 0 Å². The third-order valence-electron chi connectivity index (χ3n) is 2.79. The number of nitro benzene ring substituents is 1. The first kappa shape index (κ1) is 15.0. The number of benzene rings is 1. The first-order valence-corrected chi connectivity index (χ1v) is 5.78. The highest BCUT2D eigenvalue weighted by molar-refractivity contribution is 5.94. The molecular formula is C12H14F2N2O3. The molecule has 0 aliphatic carbocycles. The third-order valence-corrected chi connectivity index (χ3v) is 2.79. The molecule has 1 aromatic rings. The molecule has 5 nitrogen and oxygen atoms in total. The smallest absolute Gasteiger partial charge is 0.307 e. The van der Waals surface area contributed by atoms with E-state index in [1.165, 1.54) is 0 Å². The van der Waals surface area contributed by atoms with Gasteiger partial charge in [-0.05, 0) is 12.0 Å². The van der Waals surface area contributed by atoms with Crippen molar-refractivity contribution in [1.82, 2.24) is 5.32 Å². The number of carbonyl (C=O) groups excluding carboxylic acids is 1. The number of rotatable bonds is 5. The standard InChI is InChI=1S/C12H14F2N2O3/c1-3-7(2)6-15-12(17)8-4-10(14)11(16(18)19)5-9(8)13/h4-5,7H,3,6H2,1-2H3,(H,15,17). The highest BCUT2D eigenvalue weighted by atomic mass is 19.1. The van der Waals surface area contributed by atoms with Gasteiger partial charge in [-0.3, -0.25) is 14.9 Å². The van der Waals surface area contributed by atoms with Crippen molar-refractivity contribution in [2.45, 2.75) is 20.3 Å². The van der Waals surface area contributed by atoms with E-state index in [9.17, 15) is 23.7 Å². The molecule has 0 saturated heterocycles. The molecule has 0 spiro atoms. The molecule has 0 aliphatic heterocycles. The summed E-state index contributed by atoms with van der Waals surface area (Å²) in [7, 11) is 0. The number of nitro groups is 1. The second-order valence-corrected chi connectivity index (χ2v) is 4.26. The fraction of sp³-hybridized carbons (Fsp3) is 0.417. The highest BCUT2D eigenvalue weighted by Gasteiger charge is 2.22. The lowest BCUT2D eigenvalue weighted by atomic mass is 10.1. The van der Waals surface area contributed by atoms with E-state index in [2.05, 4.69) is 5.32 Å². The van der Waals surface area contributed by atoms with Crippen molar-refractivity contribution >= 4 is 11.6 Å². The van der Waals surface area contributed by atoms with Crippen LogP contribution >= 0.6 is 0 Å². The maximum atomic E-state index is 13.5. The molecule has 1 amide bonds. The normalized spacial score (nSPS) is 12.0. The lowest BCUT2D eigenvalue weighted by Crippen LogP contribution is -2.29. The zero-order valence-electron chi connectivity index (χ0n) is 10.6. The van der Waals surface area contributed by atoms with Crippen LogP contribution < -0.4 is 5.32 Å². The van der Waals surface area contributed by atoms with Gasteiger partial charge in [0.15, 0.2) is 0 Å². The summed E-state index contributed by atoms with van der Waals surface area (Å²) in [6, 6.07) is 0.951. The van der Waals surface area contributed by atoms with Crippen LogP contribution in [0.5, 0.6) is 0 Å². The van der Waals surface area contributed by atoms with Crippen molar-refractivity contribution in [2.24, 2.45) is 5.92 Å². The van der Waals surface area contributed by atoms with Crippen molar-refractivity contribution < 1.29 is 18.5 Å². The minimum absolute atomic E-state index is 0.204. The van der Waals surface area contributed by atoms with Crippen molar-refractivity contribution in [3.05, 3.63) is 39.4 Å². The first-order chi connectivity index (χ1) is 8.86. The molecule has 0 fully saturated rings. The Morgan fingerprint density at radius 1 is 1.42 bits per heavy atom. The van der Waals surface area contributed by atoms with Crippen LogP contribution in [0.1, 0.15) is 30.6 Å². The largest absolute Gasteiger partial charge is 0.352 e. The minimum Gasteiger partial charge on any atom is -0.352 e. The van der Waals surface area contributed by atoms with Crippen LogP contribution in [0, 0.1) is 27.7 Å². The number of hydrogen-bond acceptors (Lipinski definition) is 3. The Balaban J connectivity index is 2.92. The van der Waals surface area contributed by atoms with Gasteiger partial charge in [0.05, 0.1) is 16.6 Å². The zero-order chi connectivity index (χ0) is 14.6. The summed E-state index contributed by atoms with van der Waals surface area (Å²) in [6.07, 6.45) is 0.831.